The fourth-order valence-corrected chi connectivity index (χ4v) is 6.69. The van der Waals surface area contributed by atoms with Crippen molar-refractivity contribution in [2.45, 2.75) is 119 Å². The molecule has 2 aromatic carbocycles. The summed E-state index contributed by atoms with van der Waals surface area (Å²) >= 11 is 0. The molecule has 0 bridgehead atoms. The summed E-state index contributed by atoms with van der Waals surface area (Å²) in [6.45, 7) is 40.8. The molecule has 0 saturated carbocycles. The Labute approximate surface area is 405 Å². The summed E-state index contributed by atoms with van der Waals surface area (Å²) in [5.74, 6) is 4.33. The van der Waals surface area contributed by atoms with Crippen LogP contribution in [0.2, 0.25) is 0 Å². The highest BCUT2D eigenvalue weighted by molar-refractivity contribution is 5.38. The van der Waals surface area contributed by atoms with Crippen LogP contribution in [0.25, 0.3) is 0 Å². The molecule has 0 amide bonds. The highest BCUT2D eigenvalue weighted by atomic mass is 16.7. The number of hydrogen-bond donors (Lipinski definition) is 0. The molecule has 0 spiro atoms. The van der Waals surface area contributed by atoms with Crippen LogP contribution in [0.15, 0.2) is 146 Å². The van der Waals surface area contributed by atoms with Crippen LogP contribution in [0.4, 0.5) is 0 Å². The van der Waals surface area contributed by atoms with Crippen molar-refractivity contribution in [3.05, 3.63) is 163 Å². The summed E-state index contributed by atoms with van der Waals surface area (Å²) in [6.07, 6.45) is 21.6. The molecule has 4 fully saturated rings. The maximum absolute atomic E-state index is 6.02. The molecule has 2 aromatic rings. The minimum Gasteiger partial charge on any atom is -0.491 e. The van der Waals surface area contributed by atoms with E-state index in [0.717, 1.165) is 55.9 Å². The molecule has 0 N–H and O–H groups in total. The van der Waals surface area contributed by atoms with Crippen molar-refractivity contribution in [3.8, 4) is 5.75 Å². The third-order valence-corrected chi connectivity index (χ3v) is 12.4. The summed E-state index contributed by atoms with van der Waals surface area (Å²) in [7, 11) is 0. The third kappa shape index (κ3) is 21.9. The topological polar surface area (TPSA) is 96.3 Å². The van der Waals surface area contributed by atoms with Crippen LogP contribution in [0.5, 0.6) is 5.75 Å². The average molecular weight is 925 g/mol. The van der Waals surface area contributed by atoms with Crippen LogP contribution in [0, 0.1) is 16.7 Å². The van der Waals surface area contributed by atoms with E-state index < -0.39 is 0 Å². The molecule has 67 heavy (non-hydrogen) atoms. The highest BCUT2D eigenvalue weighted by Crippen LogP contribution is 2.45. The van der Waals surface area contributed by atoms with Gasteiger partial charge in [0.05, 0.1) is 38.3 Å². The van der Waals surface area contributed by atoms with Gasteiger partial charge >= 0.3 is 0 Å². The molecule has 0 aromatic heterocycles. The Morgan fingerprint density at radius 2 is 1.27 bits per heavy atom. The van der Waals surface area contributed by atoms with Crippen LogP contribution in [-0.4, -0.2) is 84.1 Å². The molecule has 0 radical (unpaired) electrons. The second kappa shape index (κ2) is 30.0. The van der Waals surface area contributed by atoms with Gasteiger partial charge in [-0.3, -0.25) is 0 Å². The van der Waals surface area contributed by atoms with Crippen molar-refractivity contribution in [3.63, 3.8) is 0 Å². The van der Waals surface area contributed by atoms with Crippen molar-refractivity contribution in [1.29, 1.82) is 0 Å². The van der Waals surface area contributed by atoms with E-state index >= 15 is 0 Å². The van der Waals surface area contributed by atoms with Crippen LogP contribution in [0.1, 0.15) is 105 Å². The van der Waals surface area contributed by atoms with E-state index in [1.165, 1.54) is 16.7 Å². The van der Waals surface area contributed by atoms with E-state index in [4.69, 9.17) is 42.6 Å². The quantitative estimate of drug-likeness (QED) is 0.0228. The zero-order valence-corrected chi connectivity index (χ0v) is 42.8. The summed E-state index contributed by atoms with van der Waals surface area (Å²) in [4.78, 5) is 0. The van der Waals surface area contributed by atoms with Crippen molar-refractivity contribution in [2.24, 2.45) is 16.7 Å². The molecule has 9 nitrogen and oxygen atoms in total. The summed E-state index contributed by atoms with van der Waals surface area (Å²) in [5, 5.41) is 0. The normalized spacial score (nSPS) is 21.0. The molecule has 7 atom stereocenters. The zero-order valence-electron chi connectivity index (χ0n) is 42.8. The van der Waals surface area contributed by atoms with Gasteiger partial charge in [0, 0.05) is 18.9 Å². The van der Waals surface area contributed by atoms with E-state index in [2.05, 4.69) is 117 Å². The lowest BCUT2D eigenvalue weighted by Gasteiger charge is -2.39. The lowest BCUT2D eigenvalue weighted by atomic mass is 9.67. The Morgan fingerprint density at radius 3 is 1.82 bits per heavy atom. The standard InChI is InChI=1S/C24H32O4.C21H32O3.C10H14O2.C3H6/c1-5-6-9-19(25-14-20-15-26-20)12-13-24(3,4)18(2)22-10-7-8-11-23(22)28-17-21-16-27-21;1-7-22-14-24-17(4)15(2)21(5,6)16(3)20-11-9-8-10-18(20)12-19-13-23-19;1-3-5-6-9(4-2)11-7-10-8-12-10;1-3-2/h5-13,18,20-21H,14-17H2,1-4H3;8-11,15-16,19H,4,7,12-14H2,1-3,5-6H3;3-6,10H,1,7-8H2,2H3;3H,1H2,2H3/b6-5-,13-12+,19-9+;;6-5-,9-4+;. The molecule has 4 saturated heterocycles. The van der Waals surface area contributed by atoms with Crippen molar-refractivity contribution >= 4 is 0 Å². The smallest absolute Gasteiger partial charge is 0.188 e. The van der Waals surface area contributed by atoms with Gasteiger partial charge in [-0.15, -0.1) is 6.58 Å². The van der Waals surface area contributed by atoms with Gasteiger partial charge < -0.3 is 42.6 Å². The predicted octanol–water partition coefficient (Wildman–Crippen LogP) is 13.2. The first-order valence-corrected chi connectivity index (χ1v) is 24.1. The zero-order chi connectivity index (χ0) is 49.2. The first kappa shape index (κ1) is 56.7. The number of allylic oxidation sites excluding steroid dienone is 11. The Bertz CT molecular complexity index is 1920. The largest absolute Gasteiger partial charge is 0.491 e. The SMILES string of the molecule is C=C(OCOCC)C(C)C(C)(C)C(C)c1ccccc1CC1CO1.C=C/C=C\C(=C/C)OCC1CO1.C=CC.C\C=C/C=C(\C=C\C(C)(C)C(C)c1ccccc1OCC1CO1)OCC1CO1. The maximum atomic E-state index is 6.02. The van der Waals surface area contributed by atoms with Crippen LogP contribution in [0.3, 0.4) is 0 Å². The number of ether oxygens (including phenoxy) is 9. The molecular formula is C58H84O9. The minimum atomic E-state index is -0.0794. The Kier molecular flexibility index (Phi) is 25.4. The lowest BCUT2D eigenvalue weighted by Crippen LogP contribution is -2.30. The van der Waals surface area contributed by atoms with Crippen LogP contribution < -0.4 is 4.74 Å². The van der Waals surface area contributed by atoms with Gasteiger partial charge in [0.2, 0.25) is 0 Å². The van der Waals surface area contributed by atoms with E-state index in [-0.39, 0.29) is 41.7 Å². The number of benzene rings is 2. The lowest BCUT2D eigenvalue weighted by molar-refractivity contribution is -0.0343. The van der Waals surface area contributed by atoms with Gasteiger partial charge in [0.25, 0.3) is 0 Å². The molecule has 4 aliphatic rings. The van der Waals surface area contributed by atoms with E-state index in [1.54, 1.807) is 12.2 Å². The Hall–Kier alpha value is -4.64. The van der Waals surface area contributed by atoms with E-state index in [0.29, 0.717) is 44.6 Å². The van der Waals surface area contributed by atoms with Gasteiger partial charge in [-0.2, -0.15) is 0 Å². The predicted molar refractivity (Wildman–Crippen MR) is 274 cm³/mol. The second-order valence-electron chi connectivity index (χ2n) is 18.3. The van der Waals surface area contributed by atoms with Crippen molar-refractivity contribution in [1.82, 2.24) is 0 Å². The Morgan fingerprint density at radius 1 is 0.716 bits per heavy atom. The maximum Gasteiger partial charge on any atom is 0.188 e. The van der Waals surface area contributed by atoms with Gasteiger partial charge in [0.1, 0.15) is 55.4 Å². The molecule has 370 valence electrons. The number of rotatable bonds is 26. The fraction of sp³-hybridized carbons (Fsp3) is 0.517. The van der Waals surface area contributed by atoms with Crippen molar-refractivity contribution in [2.75, 3.05) is 59.6 Å². The third-order valence-electron chi connectivity index (χ3n) is 12.4. The van der Waals surface area contributed by atoms with E-state index in [9.17, 15) is 0 Å². The van der Waals surface area contributed by atoms with Crippen LogP contribution in [-0.2, 0) is 44.3 Å². The number of epoxide rings is 4. The monoisotopic (exact) mass is 925 g/mol. The molecular weight excluding hydrogens is 841 g/mol. The molecule has 4 aliphatic heterocycles. The molecule has 9 heteroatoms. The van der Waals surface area contributed by atoms with Gasteiger partial charge in [-0.1, -0.05) is 141 Å². The van der Waals surface area contributed by atoms with Crippen LogP contribution >= 0.6 is 0 Å². The summed E-state index contributed by atoms with van der Waals surface area (Å²) < 4.78 is 49.3. The second-order valence-corrected chi connectivity index (χ2v) is 18.3. The van der Waals surface area contributed by atoms with Gasteiger partial charge in [-0.25, -0.2) is 0 Å². The first-order valence-electron chi connectivity index (χ1n) is 24.1. The van der Waals surface area contributed by atoms with E-state index in [1.807, 2.05) is 76.3 Å². The number of para-hydroxylation sites is 1. The summed E-state index contributed by atoms with van der Waals surface area (Å²) in [6, 6.07) is 17.0. The molecule has 0 aliphatic carbocycles. The van der Waals surface area contributed by atoms with Gasteiger partial charge in [-0.05, 0) is 97.4 Å². The average Bonchev–Trinajstić information content (AvgIpc) is 4.09. The molecule has 6 rings (SSSR count). The van der Waals surface area contributed by atoms with Crippen molar-refractivity contribution < 1.29 is 42.6 Å². The highest BCUT2D eigenvalue weighted by Gasteiger charge is 2.37. The fourth-order valence-electron chi connectivity index (χ4n) is 6.69. The summed E-state index contributed by atoms with van der Waals surface area (Å²) in [5.41, 5.74) is 3.95. The first-order chi connectivity index (χ1) is 32.1. The van der Waals surface area contributed by atoms with Gasteiger partial charge in [0.15, 0.2) is 6.79 Å². The minimum absolute atomic E-state index is 0.0177. The molecule has 7 unspecified atom stereocenters. The molecule has 4 heterocycles. The number of hydrogen-bond acceptors (Lipinski definition) is 9. The Balaban J connectivity index is 0.000000276.